The molecule has 0 radical (unpaired) electrons. The van der Waals surface area contributed by atoms with E-state index in [2.05, 4.69) is 31.9 Å². The molecule has 3 nitrogen and oxygen atoms in total. The summed E-state index contributed by atoms with van der Waals surface area (Å²) in [5.74, 6) is 0.293. The van der Waals surface area contributed by atoms with Crippen LogP contribution in [0.3, 0.4) is 0 Å². The lowest BCUT2D eigenvalue weighted by molar-refractivity contribution is 0.166. The monoisotopic (exact) mass is 398 g/mol. The fourth-order valence-corrected chi connectivity index (χ4v) is 3.80. The van der Waals surface area contributed by atoms with Gasteiger partial charge in [-0.2, -0.15) is 0 Å². The topological polar surface area (TPSA) is 54.4 Å². The molecular weight excluding hydrogens is 384 g/mol. The zero-order valence-corrected chi connectivity index (χ0v) is 14.1. The number of sulfone groups is 1. The van der Waals surface area contributed by atoms with Crippen LogP contribution < -0.4 is 0 Å². The fourth-order valence-electron chi connectivity index (χ4n) is 1.58. The third-order valence-electron chi connectivity index (χ3n) is 2.64. The highest BCUT2D eigenvalue weighted by atomic mass is 79.9. The van der Waals surface area contributed by atoms with Gasteiger partial charge in [-0.25, -0.2) is 8.42 Å². The maximum atomic E-state index is 11.3. The van der Waals surface area contributed by atoms with Gasteiger partial charge in [-0.15, -0.1) is 0 Å². The molecule has 0 aromatic heterocycles. The molecule has 1 atom stereocenters. The summed E-state index contributed by atoms with van der Waals surface area (Å²) < 4.78 is 24.4. The second kappa shape index (κ2) is 7.03. The molecule has 1 rings (SSSR count). The molecule has 0 saturated heterocycles. The minimum atomic E-state index is -2.94. The standard InChI is InChI=1S/C12H16Br2O3S/c1-2-18(16,17)5-3-4-12(15)9-6-10(13)8-11(14)7-9/h6-8,12,15H,2-5H2,1H3. The third-order valence-corrected chi connectivity index (χ3v) is 5.35. The summed E-state index contributed by atoms with van der Waals surface area (Å²) >= 11 is 6.71. The quantitative estimate of drug-likeness (QED) is 0.796. The predicted octanol–water partition coefficient (Wildman–Crippen LogP) is 3.46. The fraction of sp³-hybridized carbons (Fsp3) is 0.500. The van der Waals surface area contributed by atoms with E-state index >= 15 is 0 Å². The molecule has 0 heterocycles. The number of aliphatic hydroxyl groups is 1. The smallest absolute Gasteiger partial charge is 0.150 e. The maximum Gasteiger partial charge on any atom is 0.150 e. The summed E-state index contributed by atoms with van der Waals surface area (Å²) in [6.45, 7) is 1.64. The van der Waals surface area contributed by atoms with Gasteiger partial charge in [0.05, 0.1) is 11.9 Å². The Morgan fingerprint density at radius 3 is 2.28 bits per heavy atom. The van der Waals surface area contributed by atoms with Crippen LogP contribution in [0.2, 0.25) is 0 Å². The summed E-state index contributed by atoms with van der Waals surface area (Å²) in [6.07, 6.45) is 0.287. The normalized spacial score (nSPS) is 13.6. The van der Waals surface area contributed by atoms with Crippen molar-refractivity contribution < 1.29 is 13.5 Å². The second-order valence-electron chi connectivity index (χ2n) is 4.10. The summed E-state index contributed by atoms with van der Waals surface area (Å²) in [5.41, 5.74) is 0.783. The first kappa shape index (κ1) is 16.1. The molecule has 6 heteroatoms. The summed E-state index contributed by atoms with van der Waals surface area (Å²) in [5, 5.41) is 10.0. The van der Waals surface area contributed by atoms with Gasteiger partial charge >= 0.3 is 0 Å². The van der Waals surface area contributed by atoms with Crippen molar-refractivity contribution in [3.63, 3.8) is 0 Å². The molecule has 0 aliphatic rings. The highest BCUT2D eigenvalue weighted by molar-refractivity contribution is 9.11. The van der Waals surface area contributed by atoms with Crippen LogP contribution in [0.1, 0.15) is 31.4 Å². The minimum Gasteiger partial charge on any atom is -0.388 e. The Bertz CT molecular complexity index is 480. The van der Waals surface area contributed by atoms with E-state index in [-0.39, 0.29) is 11.5 Å². The van der Waals surface area contributed by atoms with Crippen LogP contribution in [0.5, 0.6) is 0 Å². The van der Waals surface area contributed by atoms with Gasteiger partial charge in [0.15, 0.2) is 0 Å². The van der Waals surface area contributed by atoms with Crippen molar-refractivity contribution in [2.45, 2.75) is 25.9 Å². The van der Waals surface area contributed by atoms with Gasteiger partial charge in [-0.3, -0.25) is 0 Å². The van der Waals surface area contributed by atoms with Gasteiger partial charge in [0, 0.05) is 14.7 Å². The van der Waals surface area contributed by atoms with Gasteiger partial charge in [-0.05, 0) is 36.6 Å². The van der Waals surface area contributed by atoms with Gasteiger partial charge < -0.3 is 5.11 Å². The van der Waals surface area contributed by atoms with Crippen LogP contribution in [0.4, 0.5) is 0 Å². The van der Waals surface area contributed by atoms with Crippen LogP contribution >= 0.6 is 31.9 Å². The molecule has 0 fully saturated rings. The molecule has 18 heavy (non-hydrogen) atoms. The van der Waals surface area contributed by atoms with Crippen molar-refractivity contribution in [3.05, 3.63) is 32.7 Å². The van der Waals surface area contributed by atoms with Gasteiger partial charge in [0.25, 0.3) is 0 Å². The van der Waals surface area contributed by atoms with Crippen LogP contribution in [0.25, 0.3) is 0 Å². The molecule has 0 aliphatic carbocycles. The zero-order valence-electron chi connectivity index (χ0n) is 10.1. The Morgan fingerprint density at radius 1 is 1.22 bits per heavy atom. The van der Waals surface area contributed by atoms with Crippen LogP contribution in [0, 0.1) is 0 Å². The molecule has 0 bridgehead atoms. The highest BCUT2D eigenvalue weighted by Crippen LogP contribution is 2.26. The van der Waals surface area contributed by atoms with Crippen molar-refractivity contribution in [1.82, 2.24) is 0 Å². The van der Waals surface area contributed by atoms with E-state index in [1.165, 1.54) is 0 Å². The summed E-state index contributed by atoms with van der Waals surface area (Å²) in [4.78, 5) is 0. The number of hydrogen-bond donors (Lipinski definition) is 1. The molecular formula is C12H16Br2O3S. The highest BCUT2D eigenvalue weighted by Gasteiger charge is 2.12. The lowest BCUT2D eigenvalue weighted by Gasteiger charge is -2.12. The van der Waals surface area contributed by atoms with Crippen molar-refractivity contribution in [2.75, 3.05) is 11.5 Å². The van der Waals surface area contributed by atoms with E-state index in [1.54, 1.807) is 6.92 Å². The van der Waals surface area contributed by atoms with E-state index in [0.29, 0.717) is 12.8 Å². The number of hydrogen-bond acceptors (Lipinski definition) is 3. The second-order valence-corrected chi connectivity index (χ2v) is 8.40. The van der Waals surface area contributed by atoms with Gasteiger partial charge in [-0.1, -0.05) is 38.8 Å². The molecule has 1 N–H and O–H groups in total. The number of rotatable bonds is 6. The van der Waals surface area contributed by atoms with Crippen molar-refractivity contribution in [2.24, 2.45) is 0 Å². The third kappa shape index (κ3) is 5.38. The van der Waals surface area contributed by atoms with Gasteiger partial charge in [0.1, 0.15) is 9.84 Å². The Labute approximate surface area is 125 Å². The van der Waals surface area contributed by atoms with Crippen molar-refractivity contribution in [3.8, 4) is 0 Å². The number of aliphatic hydroxyl groups excluding tert-OH is 1. The molecule has 1 aromatic carbocycles. The van der Waals surface area contributed by atoms with Crippen LogP contribution in [-0.2, 0) is 9.84 Å². The van der Waals surface area contributed by atoms with Crippen LogP contribution in [0.15, 0.2) is 27.1 Å². The number of halogens is 2. The lowest BCUT2D eigenvalue weighted by atomic mass is 10.1. The summed E-state index contributed by atoms with van der Waals surface area (Å²) in [7, 11) is -2.94. The Balaban J connectivity index is 2.58. The zero-order chi connectivity index (χ0) is 13.8. The number of benzene rings is 1. The Kier molecular flexibility index (Phi) is 6.30. The first-order valence-corrected chi connectivity index (χ1v) is 9.09. The average Bonchev–Trinajstić information content (AvgIpc) is 2.27. The first-order chi connectivity index (χ1) is 8.34. The SMILES string of the molecule is CCS(=O)(=O)CCCC(O)c1cc(Br)cc(Br)c1. The van der Waals surface area contributed by atoms with E-state index in [4.69, 9.17) is 0 Å². The molecule has 0 spiro atoms. The van der Waals surface area contributed by atoms with E-state index in [0.717, 1.165) is 14.5 Å². The Morgan fingerprint density at radius 2 is 1.78 bits per heavy atom. The Hall–Kier alpha value is 0.0900. The first-order valence-electron chi connectivity index (χ1n) is 5.68. The maximum absolute atomic E-state index is 11.3. The van der Waals surface area contributed by atoms with Gasteiger partial charge in [0.2, 0.25) is 0 Å². The predicted molar refractivity (Wildman–Crippen MR) is 80.4 cm³/mol. The van der Waals surface area contributed by atoms with E-state index in [9.17, 15) is 13.5 Å². The summed E-state index contributed by atoms with van der Waals surface area (Å²) in [6, 6.07) is 5.56. The molecule has 0 amide bonds. The van der Waals surface area contributed by atoms with E-state index < -0.39 is 15.9 Å². The molecule has 0 aliphatic heterocycles. The molecule has 1 aromatic rings. The molecule has 102 valence electrons. The largest absolute Gasteiger partial charge is 0.388 e. The van der Waals surface area contributed by atoms with Crippen molar-refractivity contribution >= 4 is 41.7 Å². The minimum absolute atomic E-state index is 0.135. The lowest BCUT2D eigenvalue weighted by Crippen LogP contribution is -2.10. The van der Waals surface area contributed by atoms with E-state index in [1.807, 2.05) is 18.2 Å². The molecule has 1 unspecified atom stereocenters. The van der Waals surface area contributed by atoms with Crippen molar-refractivity contribution in [1.29, 1.82) is 0 Å². The average molecular weight is 400 g/mol. The van der Waals surface area contributed by atoms with Crippen LogP contribution in [-0.4, -0.2) is 25.0 Å². The molecule has 0 saturated carbocycles.